The van der Waals surface area contributed by atoms with Gasteiger partial charge in [-0.25, -0.2) is 0 Å². The second-order valence-electron chi connectivity index (χ2n) is 5.40. The third kappa shape index (κ3) is 6.27. The van der Waals surface area contributed by atoms with Gasteiger partial charge in [0.25, 0.3) is 0 Å². The number of nitrogens with zero attached hydrogens (tertiary/aromatic N) is 2. The van der Waals surface area contributed by atoms with Crippen LogP contribution < -0.4 is 5.73 Å². The summed E-state index contributed by atoms with van der Waals surface area (Å²) in [6.07, 6.45) is 5.18. The Kier molecular flexibility index (Phi) is 5.19. The summed E-state index contributed by atoms with van der Waals surface area (Å²) in [5.74, 6) is 0.426. The van der Waals surface area contributed by atoms with Crippen molar-refractivity contribution in [2.75, 3.05) is 5.73 Å². The molecular weight excluding hydrogens is 230 g/mol. The van der Waals surface area contributed by atoms with Crippen LogP contribution in [0, 0.1) is 0 Å². The Labute approximate surface area is 108 Å². The molecule has 0 spiro atoms. The minimum absolute atomic E-state index is 0.120. The summed E-state index contributed by atoms with van der Waals surface area (Å²) in [5, 5.41) is 4.09. The lowest BCUT2D eigenvalue weighted by Crippen LogP contribution is -2.23. The highest BCUT2D eigenvalue weighted by molar-refractivity contribution is 5.69. The summed E-state index contributed by atoms with van der Waals surface area (Å²) in [4.78, 5) is 11.4. The van der Waals surface area contributed by atoms with E-state index in [1.54, 1.807) is 6.07 Å². The van der Waals surface area contributed by atoms with Crippen LogP contribution >= 0.6 is 0 Å². The van der Waals surface area contributed by atoms with Crippen LogP contribution in [0.5, 0.6) is 0 Å². The van der Waals surface area contributed by atoms with Crippen LogP contribution in [0.2, 0.25) is 0 Å². The molecule has 5 heteroatoms. The molecule has 1 rings (SSSR count). The third-order valence-electron chi connectivity index (χ3n) is 2.35. The van der Waals surface area contributed by atoms with Crippen LogP contribution in [0.25, 0.3) is 0 Å². The molecule has 2 N–H and O–H groups in total. The number of esters is 1. The Morgan fingerprint density at radius 2 is 2.11 bits per heavy atom. The summed E-state index contributed by atoms with van der Waals surface area (Å²) in [7, 11) is 0. The number of unbranched alkanes of at least 4 members (excludes halogenated alkanes) is 2. The molecule has 1 aromatic rings. The van der Waals surface area contributed by atoms with E-state index in [1.165, 1.54) is 0 Å². The largest absolute Gasteiger partial charge is 0.460 e. The van der Waals surface area contributed by atoms with Gasteiger partial charge < -0.3 is 10.5 Å². The van der Waals surface area contributed by atoms with Crippen molar-refractivity contribution in [3.8, 4) is 0 Å². The van der Waals surface area contributed by atoms with E-state index < -0.39 is 0 Å². The lowest BCUT2D eigenvalue weighted by Gasteiger charge is -2.19. The normalized spacial score (nSPS) is 11.5. The first-order chi connectivity index (χ1) is 8.37. The molecule has 0 unspecified atom stereocenters. The number of carbonyl (C=O) groups excluding carboxylic acids is 1. The molecule has 1 heterocycles. The second-order valence-corrected chi connectivity index (χ2v) is 5.40. The van der Waals surface area contributed by atoms with Crippen molar-refractivity contribution < 1.29 is 9.53 Å². The first-order valence-electron chi connectivity index (χ1n) is 6.37. The number of carbonyl (C=O) groups is 1. The molecule has 0 aliphatic carbocycles. The number of rotatable bonds is 6. The van der Waals surface area contributed by atoms with Crippen molar-refractivity contribution >= 4 is 11.8 Å². The number of nitrogens with two attached hydrogens (primary N) is 1. The Balaban J connectivity index is 2.07. The zero-order valence-electron chi connectivity index (χ0n) is 11.5. The SMILES string of the molecule is CC(C)(C)OC(=O)CCCCCn1ccc(N)n1. The maximum Gasteiger partial charge on any atom is 0.306 e. The molecule has 0 aliphatic rings. The zero-order chi connectivity index (χ0) is 13.6. The van der Waals surface area contributed by atoms with Crippen LogP contribution in [0.15, 0.2) is 12.3 Å². The van der Waals surface area contributed by atoms with Crippen LogP contribution in [0.4, 0.5) is 5.82 Å². The highest BCUT2D eigenvalue weighted by Crippen LogP contribution is 2.10. The first-order valence-corrected chi connectivity index (χ1v) is 6.37. The molecule has 1 aromatic heterocycles. The van der Waals surface area contributed by atoms with E-state index in [0.717, 1.165) is 25.8 Å². The van der Waals surface area contributed by atoms with Crippen LogP contribution in [-0.4, -0.2) is 21.4 Å². The fourth-order valence-electron chi connectivity index (χ4n) is 1.61. The number of ether oxygens (including phenoxy) is 1. The Hall–Kier alpha value is -1.52. The Morgan fingerprint density at radius 3 is 2.67 bits per heavy atom. The number of hydrogen-bond acceptors (Lipinski definition) is 4. The van der Waals surface area contributed by atoms with Crippen molar-refractivity contribution in [1.82, 2.24) is 9.78 Å². The third-order valence-corrected chi connectivity index (χ3v) is 2.35. The standard InChI is InChI=1S/C13H23N3O2/c1-13(2,3)18-12(17)7-5-4-6-9-16-10-8-11(14)15-16/h8,10H,4-7,9H2,1-3H3,(H2,14,15). The molecule has 0 atom stereocenters. The number of aromatic nitrogens is 2. The van der Waals surface area contributed by atoms with E-state index in [9.17, 15) is 4.79 Å². The van der Waals surface area contributed by atoms with E-state index in [2.05, 4.69) is 5.10 Å². The summed E-state index contributed by atoms with van der Waals surface area (Å²) in [5.41, 5.74) is 5.13. The lowest BCUT2D eigenvalue weighted by molar-refractivity contribution is -0.154. The van der Waals surface area contributed by atoms with Crippen molar-refractivity contribution in [2.45, 2.75) is 58.6 Å². The number of nitrogen functional groups attached to an aromatic ring is 1. The predicted molar refractivity (Wildman–Crippen MR) is 71.0 cm³/mol. The quantitative estimate of drug-likeness (QED) is 0.624. The summed E-state index contributed by atoms with van der Waals surface area (Å²) >= 11 is 0. The van der Waals surface area contributed by atoms with E-state index in [1.807, 2.05) is 31.6 Å². The average Bonchev–Trinajstić information content (AvgIpc) is 2.61. The molecule has 0 saturated heterocycles. The van der Waals surface area contributed by atoms with Gasteiger partial charge in [-0.3, -0.25) is 9.48 Å². The molecule has 18 heavy (non-hydrogen) atoms. The van der Waals surface area contributed by atoms with Gasteiger partial charge in [-0.2, -0.15) is 5.10 Å². The molecule has 0 fully saturated rings. The van der Waals surface area contributed by atoms with Gasteiger partial charge in [-0.05, 0) is 39.7 Å². The maximum atomic E-state index is 11.4. The van der Waals surface area contributed by atoms with Crippen molar-refractivity contribution in [1.29, 1.82) is 0 Å². The molecule has 0 radical (unpaired) electrons. The molecule has 0 aliphatic heterocycles. The smallest absolute Gasteiger partial charge is 0.306 e. The Bertz CT molecular complexity index is 380. The fourth-order valence-corrected chi connectivity index (χ4v) is 1.61. The summed E-state index contributed by atoms with van der Waals surface area (Å²) in [6.45, 7) is 6.48. The minimum atomic E-state index is -0.385. The van der Waals surface area contributed by atoms with Gasteiger partial charge in [0.2, 0.25) is 0 Å². The van der Waals surface area contributed by atoms with Gasteiger partial charge >= 0.3 is 5.97 Å². The van der Waals surface area contributed by atoms with Crippen LogP contribution in [-0.2, 0) is 16.1 Å². The number of aryl methyl sites for hydroxylation is 1. The molecule has 5 nitrogen and oxygen atoms in total. The molecular formula is C13H23N3O2. The second kappa shape index (κ2) is 6.42. The average molecular weight is 253 g/mol. The van der Waals surface area contributed by atoms with Crippen molar-refractivity contribution in [3.63, 3.8) is 0 Å². The minimum Gasteiger partial charge on any atom is -0.460 e. The number of anilines is 1. The van der Waals surface area contributed by atoms with E-state index in [4.69, 9.17) is 10.5 Å². The van der Waals surface area contributed by atoms with Crippen molar-refractivity contribution in [3.05, 3.63) is 12.3 Å². The van der Waals surface area contributed by atoms with Crippen LogP contribution in [0.1, 0.15) is 46.5 Å². The van der Waals surface area contributed by atoms with Gasteiger partial charge in [-0.1, -0.05) is 6.42 Å². The van der Waals surface area contributed by atoms with E-state index >= 15 is 0 Å². The van der Waals surface area contributed by atoms with Crippen molar-refractivity contribution in [2.24, 2.45) is 0 Å². The molecule has 102 valence electrons. The monoisotopic (exact) mass is 253 g/mol. The summed E-state index contributed by atoms with van der Waals surface area (Å²) in [6, 6.07) is 1.78. The zero-order valence-corrected chi connectivity index (χ0v) is 11.5. The first kappa shape index (κ1) is 14.5. The molecule has 0 saturated carbocycles. The van der Waals surface area contributed by atoms with Gasteiger partial charge in [0.05, 0.1) is 0 Å². The highest BCUT2D eigenvalue weighted by atomic mass is 16.6. The number of hydrogen-bond donors (Lipinski definition) is 1. The maximum absolute atomic E-state index is 11.4. The van der Waals surface area contributed by atoms with Crippen LogP contribution in [0.3, 0.4) is 0 Å². The van der Waals surface area contributed by atoms with Gasteiger partial charge in [0.1, 0.15) is 11.4 Å². The van der Waals surface area contributed by atoms with E-state index in [-0.39, 0.29) is 11.6 Å². The molecule has 0 aromatic carbocycles. The van der Waals surface area contributed by atoms with Gasteiger partial charge in [-0.15, -0.1) is 0 Å². The predicted octanol–water partition coefficient (Wildman–Crippen LogP) is 2.37. The molecule has 0 amide bonds. The highest BCUT2D eigenvalue weighted by Gasteiger charge is 2.15. The van der Waals surface area contributed by atoms with Gasteiger partial charge in [0.15, 0.2) is 0 Å². The topological polar surface area (TPSA) is 70.1 Å². The summed E-state index contributed by atoms with van der Waals surface area (Å²) < 4.78 is 7.06. The fraction of sp³-hybridized carbons (Fsp3) is 0.692. The van der Waals surface area contributed by atoms with Gasteiger partial charge in [0, 0.05) is 19.2 Å². The lowest BCUT2D eigenvalue weighted by atomic mass is 10.1. The van der Waals surface area contributed by atoms with E-state index in [0.29, 0.717) is 12.2 Å². The Morgan fingerprint density at radius 1 is 1.39 bits per heavy atom. The molecule has 0 bridgehead atoms.